The molecule has 0 radical (unpaired) electrons. The summed E-state index contributed by atoms with van der Waals surface area (Å²) in [5, 5.41) is 43.5. The topological polar surface area (TPSA) is 144 Å². The number of hydrogen-bond donors (Lipinski definition) is 0. The molecule has 0 atom stereocenters. The van der Waals surface area contributed by atoms with Crippen molar-refractivity contribution < 1.29 is 0 Å². The predicted molar refractivity (Wildman–Crippen MR) is 300 cm³/mol. The van der Waals surface area contributed by atoms with Crippen LogP contribution in [-0.4, -0.2) is 24.1 Å². The van der Waals surface area contributed by atoms with E-state index >= 15 is 0 Å². The molecule has 0 aliphatic rings. The Morgan fingerprint density at radius 1 is 0.263 bits per heavy atom. The Kier molecular flexibility index (Phi) is 10.8. The number of para-hydroxylation sites is 3. The molecule has 0 saturated carbocycles. The first-order chi connectivity index (χ1) is 37.5. The van der Waals surface area contributed by atoms with E-state index in [1.54, 1.807) is 12.1 Å². The monoisotopic (exact) mass is 967 g/mol. The van der Waals surface area contributed by atoms with Crippen molar-refractivity contribution in [3.8, 4) is 103 Å². The van der Waals surface area contributed by atoms with Crippen LogP contribution in [-0.2, 0) is 0 Å². The summed E-state index contributed by atoms with van der Waals surface area (Å²) < 4.78 is 4.58. The molecule has 0 aliphatic carbocycles. The van der Waals surface area contributed by atoms with Gasteiger partial charge in [0.25, 0.3) is 0 Å². The van der Waals surface area contributed by atoms with Gasteiger partial charge in [-0.3, -0.25) is 0 Å². The molecule has 350 valence electrons. The van der Waals surface area contributed by atoms with Crippen LogP contribution in [0.2, 0.25) is 0 Å². The Balaban J connectivity index is 1.06. The van der Waals surface area contributed by atoms with Crippen molar-refractivity contribution in [2.24, 2.45) is 0 Å². The van der Waals surface area contributed by atoms with Gasteiger partial charge in [0, 0.05) is 43.8 Å². The molecule has 0 amide bonds. The number of benzene rings is 10. The van der Waals surface area contributed by atoms with Gasteiger partial charge >= 0.3 is 0 Å². The van der Waals surface area contributed by atoms with Gasteiger partial charge in [-0.25, -0.2) is 15.0 Å². The maximum Gasteiger partial charge on any atom is 0.166 e. The predicted octanol–water partition coefficient (Wildman–Crippen LogP) is 15.6. The molecule has 9 nitrogen and oxygen atoms in total. The van der Waals surface area contributed by atoms with E-state index in [1.807, 2.05) is 109 Å². The number of nitrogens with zero attached hydrogens (tertiary/aromatic N) is 9. The minimum Gasteiger partial charge on any atom is -0.309 e. The summed E-state index contributed by atoms with van der Waals surface area (Å²) in [6.45, 7) is 0. The van der Waals surface area contributed by atoms with Crippen LogP contribution < -0.4 is 0 Å². The molecule has 0 saturated heterocycles. The number of aromatic nitrogens is 5. The molecule has 9 heteroatoms. The van der Waals surface area contributed by atoms with Crippen LogP contribution in [0.1, 0.15) is 22.3 Å². The van der Waals surface area contributed by atoms with Crippen molar-refractivity contribution in [3.05, 3.63) is 247 Å². The van der Waals surface area contributed by atoms with Gasteiger partial charge in [-0.15, -0.1) is 0 Å². The molecule has 13 aromatic rings. The van der Waals surface area contributed by atoms with Gasteiger partial charge in [-0.2, -0.15) is 21.0 Å². The van der Waals surface area contributed by atoms with Gasteiger partial charge in [0.1, 0.15) is 0 Å². The van der Waals surface area contributed by atoms with E-state index < -0.39 is 0 Å². The molecule has 0 aliphatic heterocycles. The minimum absolute atomic E-state index is 0.423. The summed E-state index contributed by atoms with van der Waals surface area (Å²) in [5.41, 5.74) is 15.3. The molecule has 0 N–H and O–H groups in total. The van der Waals surface area contributed by atoms with Crippen molar-refractivity contribution in [1.82, 2.24) is 24.1 Å². The van der Waals surface area contributed by atoms with Gasteiger partial charge in [0.15, 0.2) is 17.5 Å². The standard InChI is InChI=1S/C67H37N9/c68-38-42-29-43(39-69)32-51(31-42)48-23-26-62-56(35-48)54-18-8-11-21-60(54)75(62)59-20-10-7-17-53(59)50-25-28-64(58(37-50)67-73-65(46-13-3-1-4-14-46)72-66(74-67)47-15-5-2-6-16-47)76-61-22-12-9-19-55(61)57-36-49(24-27-63(57)76)52-33-44(40-70)30-45(34-52)41-71/h1-37H. The summed E-state index contributed by atoms with van der Waals surface area (Å²) in [7, 11) is 0. The molecule has 0 fully saturated rings. The van der Waals surface area contributed by atoms with Gasteiger partial charge in [0.05, 0.1) is 80.0 Å². The zero-order valence-electron chi connectivity index (χ0n) is 40.4. The minimum atomic E-state index is 0.423. The van der Waals surface area contributed by atoms with Crippen LogP contribution in [0, 0.1) is 45.3 Å². The Morgan fingerprint density at radius 2 is 0.658 bits per heavy atom. The average Bonchev–Trinajstić information content (AvgIpc) is 4.05. The molecule has 0 bridgehead atoms. The summed E-state index contributed by atoms with van der Waals surface area (Å²) >= 11 is 0. The van der Waals surface area contributed by atoms with E-state index in [2.05, 4.69) is 137 Å². The fraction of sp³-hybridized carbons (Fsp3) is 0. The average molecular weight is 968 g/mol. The zero-order valence-corrected chi connectivity index (χ0v) is 40.4. The molecule has 3 aromatic heterocycles. The number of rotatable bonds is 8. The zero-order chi connectivity index (χ0) is 51.3. The van der Waals surface area contributed by atoms with Gasteiger partial charge in [0.2, 0.25) is 0 Å². The fourth-order valence-electron chi connectivity index (χ4n) is 10.6. The van der Waals surface area contributed by atoms with E-state index in [1.165, 1.54) is 0 Å². The number of fused-ring (bicyclic) bond motifs is 6. The molecular formula is C67H37N9. The molecule has 3 heterocycles. The van der Waals surface area contributed by atoms with E-state index in [9.17, 15) is 21.0 Å². The quantitative estimate of drug-likeness (QED) is 0.147. The lowest BCUT2D eigenvalue weighted by atomic mass is 9.98. The number of nitriles is 4. The number of hydrogen-bond acceptors (Lipinski definition) is 7. The maximum absolute atomic E-state index is 9.87. The van der Waals surface area contributed by atoms with Crippen molar-refractivity contribution in [1.29, 1.82) is 21.0 Å². The summed E-state index contributed by atoms with van der Waals surface area (Å²) in [6.07, 6.45) is 0. The first kappa shape index (κ1) is 44.7. The highest BCUT2D eigenvalue weighted by molar-refractivity contribution is 6.12. The first-order valence-electron chi connectivity index (χ1n) is 24.6. The Bertz CT molecular complexity index is 4570. The highest BCUT2D eigenvalue weighted by atomic mass is 15.1. The van der Waals surface area contributed by atoms with Crippen LogP contribution >= 0.6 is 0 Å². The van der Waals surface area contributed by atoms with Gasteiger partial charge in [-0.1, -0.05) is 133 Å². The van der Waals surface area contributed by atoms with E-state index in [0.717, 1.165) is 105 Å². The van der Waals surface area contributed by atoms with Crippen molar-refractivity contribution in [3.63, 3.8) is 0 Å². The highest BCUT2D eigenvalue weighted by Gasteiger charge is 2.23. The normalized spacial score (nSPS) is 11.1. The van der Waals surface area contributed by atoms with Crippen molar-refractivity contribution in [2.45, 2.75) is 0 Å². The first-order valence-corrected chi connectivity index (χ1v) is 24.6. The summed E-state index contributed by atoms with van der Waals surface area (Å²) in [6, 6.07) is 83.7. The van der Waals surface area contributed by atoms with Gasteiger partial charge in [-0.05, 0) is 119 Å². The third-order valence-electron chi connectivity index (χ3n) is 14.0. The lowest BCUT2D eigenvalue weighted by Gasteiger charge is -2.18. The molecule has 76 heavy (non-hydrogen) atoms. The second-order valence-corrected chi connectivity index (χ2v) is 18.5. The van der Waals surface area contributed by atoms with Crippen molar-refractivity contribution in [2.75, 3.05) is 0 Å². The Labute approximate surface area is 436 Å². The maximum atomic E-state index is 9.87. The smallest absolute Gasteiger partial charge is 0.166 e. The molecule has 0 spiro atoms. The largest absolute Gasteiger partial charge is 0.309 e. The second-order valence-electron chi connectivity index (χ2n) is 18.5. The molecule has 10 aromatic carbocycles. The lowest BCUT2D eigenvalue weighted by molar-refractivity contribution is 1.06. The summed E-state index contributed by atoms with van der Waals surface area (Å²) in [5.74, 6) is 1.57. The van der Waals surface area contributed by atoms with E-state index in [4.69, 9.17) is 15.0 Å². The van der Waals surface area contributed by atoms with Gasteiger partial charge < -0.3 is 9.13 Å². The molecule has 13 rings (SSSR count). The van der Waals surface area contributed by atoms with Crippen LogP contribution in [0.15, 0.2) is 224 Å². The second kappa shape index (κ2) is 18.4. The van der Waals surface area contributed by atoms with Crippen LogP contribution in [0.3, 0.4) is 0 Å². The SMILES string of the molecule is N#Cc1cc(C#N)cc(-c2ccc3c(c2)c2ccccc2n3-c2ccccc2-c2ccc(-n3c4ccccc4c4cc(-c5cc(C#N)cc(C#N)c5)ccc43)c(-c3nc(-c4ccccc4)nc(-c4ccccc4)n3)c2)c1. The molecular weight excluding hydrogens is 931 g/mol. The highest BCUT2D eigenvalue weighted by Crippen LogP contribution is 2.43. The Morgan fingerprint density at radius 3 is 1.14 bits per heavy atom. The van der Waals surface area contributed by atoms with Crippen LogP contribution in [0.5, 0.6) is 0 Å². The molecule has 0 unspecified atom stereocenters. The Hall–Kier alpha value is -11.2. The fourth-order valence-corrected chi connectivity index (χ4v) is 10.6. The summed E-state index contributed by atoms with van der Waals surface area (Å²) in [4.78, 5) is 15.7. The van der Waals surface area contributed by atoms with Crippen LogP contribution in [0.25, 0.3) is 123 Å². The van der Waals surface area contributed by atoms with E-state index in [-0.39, 0.29) is 0 Å². The van der Waals surface area contributed by atoms with Crippen molar-refractivity contribution >= 4 is 43.6 Å². The lowest BCUT2D eigenvalue weighted by Crippen LogP contribution is -2.04. The van der Waals surface area contributed by atoms with E-state index in [0.29, 0.717) is 39.7 Å². The third kappa shape index (κ3) is 7.66. The third-order valence-corrected chi connectivity index (χ3v) is 14.0. The van der Waals surface area contributed by atoms with Crippen LogP contribution in [0.4, 0.5) is 0 Å².